The van der Waals surface area contributed by atoms with Crippen LogP contribution in [0.15, 0.2) is 53.4 Å². The first kappa shape index (κ1) is 31.6. The van der Waals surface area contributed by atoms with E-state index in [1.165, 1.54) is 12.1 Å². The van der Waals surface area contributed by atoms with E-state index >= 15 is 0 Å². The molecule has 0 bridgehead atoms. The van der Waals surface area contributed by atoms with Gasteiger partial charge in [0.15, 0.2) is 9.84 Å². The number of ether oxygens (including phenoxy) is 1. The van der Waals surface area contributed by atoms with Crippen molar-refractivity contribution in [3.05, 3.63) is 82.2 Å². The van der Waals surface area contributed by atoms with Crippen LogP contribution in [-0.2, 0) is 34.1 Å². The van der Waals surface area contributed by atoms with Crippen molar-refractivity contribution in [2.75, 3.05) is 6.26 Å². The Morgan fingerprint density at radius 3 is 2.08 bits per heavy atom. The summed E-state index contributed by atoms with van der Waals surface area (Å²) in [5, 5.41) is 0. The molecule has 196 valence electrons. The molecule has 0 unspecified atom stereocenters. The fourth-order valence-corrected chi connectivity index (χ4v) is 4.55. The number of nitrogens with two attached hydrogens (primary N) is 1. The molecular formula is C27H34Cl2N2O4S. The number of hydrogen-bond acceptors (Lipinski definition) is 6. The van der Waals surface area contributed by atoms with Crippen molar-refractivity contribution in [1.82, 2.24) is 4.98 Å². The lowest BCUT2D eigenvalue weighted by Gasteiger charge is -2.20. The molecule has 0 saturated heterocycles. The Kier molecular flexibility index (Phi) is 11.6. The van der Waals surface area contributed by atoms with Gasteiger partial charge in [-0.3, -0.25) is 4.98 Å². The van der Waals surface area contributed by atoms with Crippen LogP contribution < -0.4 is 5.73 Å². The van der Waals surface area contributed by atoms with Gasteiger partial charge in [0.05, 0.1) is 16.2 Å². The molecule has 6 nitrogen and oxygen atoms in total. The summed E-state index contributed by atoms with van der Waals surface area (Å²) in [6.45, 7) is 8.35. The molecule has 3 aromatic rings. The molecule has 1 aromatic heterocycles. The zero-order valence-electron chi connectivity index (χ0n) is 21.2. The lowest BCUT2D eigenvalue weighted by molar-refractivity contribution is 0.0472. The second-order valence-corrected chi connectivity index (χ2v) is 11.0. The van der Waals surface area contributed by atoms with Gasteiger partial charge in [0, 0.05) is 24.1 Å². The highest BCUT2D eigenvalue weighted by Crippen LogP contribution is 2.33. The minimum absolute atomic E-state index is 0. The van der Waals surface area contributed by atoms with E-state index in [0.717, 1.165) is 40.6 Å². The van der Waals surface area contributed by atoms with Crippen LogP contribution in [0.5, 0.6) is 0 Å². The number of hydrogen-bond donors (Lipinski definition) is 1. The van der Waals surface area contributed by atoms with Crippen molar-refractivity contribution in [2.45, 2.75) is 52.2 Å². The number of pyridine rings is 1. The highest BCUT2D eigenvalue weighted by molar-refractivity contribution is 7.90. The molecule has 3 rings (SSSR count). The van der Waals surface area contributed by atoms with Gasteiger partial charge in [-0.1, -0.05) is 55.8 Å². The second-order valence-electron chi connectivity index (χ2n) is 9.03. The van der Waals surface area contributed by atoms with E-state index in [-0.39, 0.29) is 42.9 Å². The summed E-state index contributed by atoms with van der Waals surface area (Å²) in [5.74, 6) is -0.102. The van der Waals surface area contributed by atoms with Crippen LogP contribution in [0.1, 0.15) is 52.3 Å². The number of esters is 1. The largest absolute Gasteiger partial charge is 0.457 e. The van der Waals surface area contributed by atoms with Crippen LogP contribution in [0.4, 0.5) is 0 Å². The summed E-state index contributed by atoms with van der Waals surface area (Å²) in [6.07, 6.45) is 1.91. The lowest BCUT2D eigenvalue weighted by atomic mass is 9.90. The van der Waals surface area contributed by atoms with E-state index in [1.807, 2.05) is 38.1 Å². The quantitative estimate of drug-likeness (QED) is 0.363. The van der Waals surface area contributed by atoms with Gasteiger partial charge in [-0.2, -0.15) is 0 Å². The minimum Gasteiger partial charge on any atom is -0.457 e. The van der Waals surface area contributed by atoms with Gasteiger partial charge in [-0.25, -0.2) is 13.2 Å². The summed E-state index contributed by atoms with van der Waals surface area (Å²) in [6, 6.07) is 14.3. The fourth-order valence-electron chi connectivity index (χ4n) is 3.92. The Morgan fingerprint density at radius 2 is 1.58 bits per heavy atom. The summed E-state index contributed by atoms with van der Waals surface area (Å²) in [5.41, 5.74) is 12.4. The topological polar surface area (TPSA) is 99.3 Å². The van der Waals surface area contributed by atoms with E-state index in [4.69, 9.17) is 15.5 Å². The van der Waals surface area contributed by atoms with Gasteiger partial charge in [0.25, 0.3) is 0 Å². The average Bonchev–Trinajstić information content (AvgIpc) is 2.77. The van der Waals surface area contributed by atoms with Gasteiger partial charge >= 0.3 is 5.97 Å². The molecule has 0 spiro atoms. The van der Waals surface area contributed by atoms with Crippen LogP contribution in [0.3, 0.4) is 0 Å². The molecule has 0 aliphatic rings. The second kappa shape index (κ2) is 13.2. The summed E-state index contributed by atoms with van der Waals surface area (Å²) >= 11 is 0. The third kappa shape index (κ3) is 7.53. The molecule has 0 atom stereocenters. The third-order valence-electron chi connectivity index (χ3n) is 5.64. The van der Waals surface area contributed by atoms with Crippen LogP contribution >= 0.6 is 24.8 Å². The maximum atomic E-state index is 13.3. The van der Waals surface area contributed by atoms with Crippen molar-refractivity contribution in [1.29, 1.82) is 0 Å². The minimum atomic E-state index is -3.29. The molecule has 0 amide bonds. The van der Waals surface area contributed by atoms with E-state index < -0.39 is 15.8 Å². The number of aromatic nitrogens is 1. The van der Waals surface area contributed by atoms with E-state index in [2.05, 4.69) is 13.8 Å². The van der Waals surface area contributed by atoms with Gasteiger partial charge in [-0.05, 0) is 55.0 Å². The van der Waals surface area contributed by atoms with Crippen molar-refractivity contribution in [3.8, 4) is 11.1 Å². The smallest absolute Gasteiger partial charge is 0.340 e. The third-order valence-corrected chi connectivity index (χ3v) is 6.76. The van der Waals surface area contributed by atoms with Gasteiger partial charge in [0.1, 0.15) is 6.61 Å². The standard InChI is InChI=1S/C27H32N2O4S.2ClH/c1-17(2)14-24-23(15-28)26(21-10-6-18(3)7-11-21)25(19(4)29-24)27(30)33-16-20-8-12-22(13-9-20)34(5,31)32;;/h6-13,17H,14-16,28H2,1-5H3;2*1H. The van der Waals surface area contributed by atoms with Crippen LogP contribution in [0.25, 0.3) is 11.1 Å². The Labute approximate surface area is 226 Å². The molecule has 36 heavy (non-hydrogen) atoms. The zero-order valence-corrected chi connectivity index (χ0v) is 23.6. The van der Waals surface area contributed by atoms with E-state index in [1.54, 1.807) is 12.1 Å². The first-order valence-electron chi connectivity index (χ1n) is 11.3. The van der Waals surface area contributed by atoms with Crippen molar-refractivity contribution >= 4 is 40.6 Å². The molecule has 0 saturated carbocycles. The van der Waals surface area contributed by atoms with Crippen molar-refractivity contribution < 1.29 is 17.9 Å². The number of halogens is 2. The first-order valence-corrected chi connectivity index (χ1v) is 13.2. The lowest BCUT2D eigenvalue weighted by Crippen LogP contribution is -2.17. The maximum absolute atomic E-state index is 13.3. The molecule has 2 aromatic carbocycles. The molecule has 0 aliphatic carbocycles. The van der Waals surface area contributed by atoms with Crippen molar-refractivity contribution in [2.24, 2.45) is 11.7 Å². The average molecular weight is 554 g/mol. The number of carbonyl (C=O) groups is 1. The Balaban J connectivity index is 0.00000324. The highest BCUT2D eigenvalue weighted by atomic mass is 35.5. The number of rotatable bonds is 8. The number of carbonyl (C=O) groups excluding carboxylic acids is 1. The molecule has 0 radical (unpaired) electrons. The van der Waals surface area contributed by atoms with Crippen LogP contribution in [0, 0.1) is 19.8 Å². The monoisotopic (exact) mass is 552 g/mol. The maximum Gasteiger partial charge on any atom is 0.340 e. The number of aryl methyl sites for hydroxylation is 2. The van der Waals surface area contributed by atoms with Crippen molar-refractivity contribution in [3.63, 3.8) is 0 Å². The number of nitrogens with zero attached hydrogens (tertiary/aromatic N) is 1. The van der Waals surface area contributed by atoms with Gasteiger partial charge in [0.2, 0.25) is 0 Å². The molecule has 0 fully saturated rings. The van der Waals surface area contributed by atoms with Gasteiger partial charge < -0.3 is 10.5 Å². The molecule has 0 aliphatic heterocycles. The summed E-state index contributed by atoms with van der Waals surface area (Å²) in [7, 11) is -3.29. The predicted octanol–water partition coefficient (Wildman–Crippen LogP) is 5.63. The molecule has 9 heteroatoms. The predicted molar refractivity (Wildman–Crippen MR) is 149 cm³/mol. The Morgan fingerprint density at radius 1 is 1.00 bits per heavy atom. The number of benzene rings is 2. The summed E-state index contributed by atoms with van der Waals surface area (Å²) < 4.78 is 29.0. The molecule has 2 N–H and O–H groups in total. The van der Waals surface area contributed by atoms with Gasteiger partial charge in [-0.15, -0.1) is 24.8 Å². The number of sulfone groups is 1. The fraction of sp³-hybridized carbons (Fsp3) is 0.333. The highest BCUT2D eigenvalue weighted by Gasteiger charge is 2.24. The SMILES string of the molecule is Cc1ccc(-c2c(CN)c(CC(C)C)nc(C)c2C(=O)OCc2ccc(S(C)(=O)=O)cc2)cc1.Cl.Cl. The summed E-state index contributed by atoms with van der Waals surface area (Å²) in [4.78, 5) is 18.3. The molecular weight excluding hydrogens is 519 g/mol. The Hall–Kier alpha value is -2.45. The van der Waals surface area contributed by atoms with E-state index in [0.29, 0.717) is 22.7 Å². The van der Waals surface area contributed by atoms with Crippen LogP contribution in [0.2, 0.25) is 0 Å². The first-order chi connectivity index (χ1) is 16.0. The van der Waals surface area contributed by atoms with Crippen LogP contribution in [-0.4, -0.2) is 25.6 Å². The normalized spacial score (nSPS) is 11.0. The Bertz CT molecular complexity index is 1290. The molecule has 1 heterocycles. The zero-order chi connectivity index (χ0) is 25.0. The van der Waals surface area contributed by atoms with E-state index in [9.17, 15) is 13.2 Å².